The molecule has 1 amide bonds. The average molecular weight is 213 g/mol. The van der Waals surface area contributed by atoms with E-state index in [1.54, 1.807) is 25.4 Å². The summed E-state index contributed by atoms with van der Waals surface area (Å²) in [6.07, 6.45) is 1.02. The predicted molar refractivity (Wildman–Crippen MR) is 52.8 cm³/mol. The van der Waals surface area contributed by atoms with E-state index in [-0.39, 0.29) is 11.8 Å². The highest BCUT2D eigenvalue weighted by atomic mass is 35.5. The molecule has 0 N–H and O–H groups in total. The van der Waals surface area contributed by atoms with Crippen LogP contribution in [0.15, 0.2) is 18.3 Å². The fourth-order valence-corrected chi connectivity index (χ4v) is 1.54. The van der Waals surface area contributed by atoms with E-state index in [1.165, 1.54) is 4.90 Å². The number of hydrogen-bond donors (Lipinski definition) is 0. The van der Waals surface area contributed by atoms with Crippen molar-refractivity contribution in [3.05, 3.63) is 18.3 Å². The molecule has 0 fully saturated rings. The second kappa shape index (κ2) is 3.46. The third kappa shape index (κ3) is 1.32. The van der Waals surface area contributed by atoms with Crippen LogP contribution in [0.4, 0.5) is 5.82 Å². The van der Waals surface area contributed by atoms with E-state index in [1.807, 2.05) is 0 Å². The molecule has 14 heavy (non-hydrogen) atoms. The van der Waals surface area contributed by atoms with Crippen LogP contribution in [0.2, 0.25) is 0 Å². The predicted octanol–water partition coefficient (Wildman–Crippen LogP) is 1.04. The van der Waals surface area contributed by atoms with Gasteiger partial charge in [-0.2, -0.15) is 0 Å². The average Bonchev–Trinajstić information content (AvgIpc) is 2.23. The number of hydrogen-bond acceptors (Lipinski definition) is 3. The molecule has 0 radical (unpaired) electrons. The highest BCUT2D eigenvalue weighted by Gasteiger charge is 2.32. The van der Waals surface area contributed by atoms with E-state index in [4.69, 9.17) is 16.3 Å². The van der Waals surface area contributed by atoms with Gasteiger partial charge in [0.2, 0.25) is 0 Å². The van der Waals surface area contributed by atoms with Gasteiger partial charge >= 0.3 is 0 Å². The maximum absolute atomic E-state index is 11.6. The summed E-state index contributed by atoms with van der Waals surface area (Å²) < 4.78 is 5.38. The summed E-state index contributed by atoms with van der Waals surface area (Å²) in [4.78, 5) is 17.1. The summed E-state index contributed by atoms with van der Waals surface area (Å²) >= 11 is 5.61. The molecule has 74 valence electrons. The molecule has 2 heterocycles. The zero-order chi connectivity index (χ0) is 10.1. The molecule has 0 saturated heterocycles. The number of amides is 1. The highest BCUT2D eigenvalue weighted by Crippen LogP contribution is 2.30. The minimum Gasteiger partial charge on any atom is -0.475 e. The van der Waals surface area contributed by atoms with E-state index < -0.39 is 6.10 Å². The lowest BCUT2D eigenvalue weighted by Gasteiger charge is -2.29. The molecule has 0 spiro atoms. The van der Waals surface area contributed by atoms with Crippen molar-refractivity contribution in [2.75, 3.05) is 17.8 Å². The van der Waals surface area contributed by atoms with E-state index in [0.717, 1.165) is 0 Å². The SMILES string of the molecule is CN1C(=O)C(CCl)Oc2cccnc21. The monoisotopic (exact) mass is 212 g/mol. The Kier molecular flexibility index (Phi) is 2.29. The molecule has 0 aromatic carbocycles. The zero-order valence-corrected chi connectivity index (χ0v) is 8.36. The van der Waals surface area contributed by atoms with Crippen molar-refractivity contribution < 1.29 is 9.53 Å². The van der Waals surface area contributed by atoms with Crippen LogP contribution in [-0.2, 0) is 4.79 Å². The molecule has 1 aromatic rings. The van der Waals surface area contributed by atoms with Gasteiger partial charge in [0, 0.05) is 13.2 Å². The normalized spacial score (nSPS) is 20.3. The molecule has 1 aromatic heterocycles. The van der Waals surface area contributed by atoms with Gasteiger partial charge in [0.15, 0.2) is 17.7 Å². The van der Waals surface area contributed by atoms with Gasteiger partial charge < -0.3 is 4.74 Å². The zero-order valence-electron chi connectivity index (χ0n) is 7.61. The number of nitrogens with zero attached hydrogens (tertiary/aromatic N) is 2. The molecule has 0 aliphatic carbocycles. The first kappa shape index (κ1) is 9.27. The van der Waals surface area contributed by atoms with Crippen molar-refractivity contribution in [3.63, 3.8) is 0 Å². The number of anilines is 1. The van der Waals surface area contributed by atoms with Crippen molar-refractivity contribution in [1.29, 1.82) is 0 Å². The summed E-state index contributed by atoms with van der Waals surface area (Å²) in [5.41, 5.74) is 0. The fraction of sp³-hybridized carbons (Fsp3) is 0.333. The van der Waals surface area contributed by atoms with E-state index in [0.29, 0.717) is 11.6 Å². The second-order valence-corrected chi connectivity index (χ2v) is 3.29. The van der Waals surface area contributed by atoms with Crippen LogP contribution in [0, 0.1) is 0 Å². The summed E-state index contributed by atoms with van der Waals surface area (Å²) in [6.45, 7) is 0. The second-order valence-electron chi connectivity index (χ2n) is 2.98. The van der Waals surface area contributed by atoms with Gasteiger partial charge in [-0.15, -0.1) is 11.6 Å². The summed E-state index contributed by atoms with van der Waals surface area (Å²) in [5, 5.41) is 0. The van der Waals surface area contributed by atoms with Crippen molar-refractivity contribution in [2.45, 2.75) is 6.10 Å². The number of rotatable bonds is 1. The van der Waals surface area contributed by atoms with E-state index in [2.05, 4.69) is 4.98 Å². The molecule has 0 saturated carbocycles. The number of carbonyl (C=O) groups excluding carboxylic acids is 1. The number of ether oxygens (including phenoxy) is 1. The molecular weight excluding hydrogens is 204 g/mol. The van der Waals surface area contributed by atoms with Crippen molar-refractivity contribution >= 4 is 23.3 Å². The fourth-order valence-electron chi connectivity index (χ4n) is 1.35. The molecule has 1 unspecified atom stereocenters. The van der Waals surface area contributed by atoms with Gasteiger partial charge in [-0.3, -0.25) is 9.69 Å². The van der Waals surface area contributed by atoms with E-state index in [9.17, 15) is 4.79 Å². The molecule has 1 atom stereocenters. The lowest BCUT2D eigenvalue weighted by molar-refractivity contribution is -0.125. The third-order valence-corrected chi connectivity index (χ3v) is 2.36. The lowest BCUT2D eigenvalue weighted by Crippen LogP contribution is -2.45. The van der Waals surface area contributed by atoms with Crippen molar-refractivity contribution in [2.24, 2.45) is 0 Å². The minimum atomic E-state index is -0.599. The van der Waals surface area contributed by atoms with E-state index >= 15 is 0 Å². The van der Waals surface area contributed by atoms with Gasteiger partial charge in [-0.1, -0.05) is 0 Å². The Morgan fingerprint density at radius 2 is 2.50 bits per heavy atom. The first-order chi connectivity index (χ1) is 6.74. The first-order valence-corrected chi connectivity index (χ1v) is 4.72. The number of fused-ring (bicyclic) bond motifs is 1. The molecule has 4 nitrogen and oxygen atoms in total. The Bertz CT molecular complexity index is 370. The maximum atomic E-state index is 11.6. The van der Waals surface area contributed by atoms with Crippen LogP contribution in [0.25, 0.3) is 0 Å². The topological polar surface area (TPSA) is 42.4 Å². The quantitative estimate of drug-likeness (QED) is 0.654. The maximum Gasteiger partial charge on any atom is 0.270 e. The Morgan fingerprint density at radius 3 is 3.21 bits per heavy atom. The smallest absolute Gasteiger partial charge is 0.270 e. The van der Waals surface area contributed by atoms with Crippen LogP contribution in [-0.4, -0.2) is 29.9 Å². The molecule has 2 rings (SSSR count). The molecule has 1 aliphatic heterocycles. The Balaban J connectivity index is 2.42. The van der Waals surface area contributed by atoms with Crippen LogP contribution in [0.1, 0.15) is 0 Å². The van der Waals surface area contributed by atoms with Gasteiger partial charge in [0.25, 0.3) is 5.91 Å². The lowest BCUT2D eigenvalue weighted by atomic mass is 10.2. The minimum absolute atomic E-state index is 0.150. The largest absolute Gasteiger partial charge is 0.475 e. The summed E-state index contributed by atoms with van der Waals surface area (Å²) in [5.74, 6) is 1.13. The number of aromatic nitrogens is 1. The summed E-state index contributed by atoms with van der Waals surface area (Å²) in [7, 11) is 1.66. The molecule has 5 heteroatoms. The van der Waals surface area contributed by atoms with Crippen molar-refractivity contribution in [1.82, 2.24) is 4.98 Å². The van der Waals surface area contributed by atoms with Gasteiger partial charge in [-0.05, 0) is 12.1 Å². The number of likely N-dealkylation sites (N-methyl/N-ethyl adjacent to an activating group) is 1. The van der Waals surface area contributed by atoms with Gasteiger partial charge in [-0.25, -0.2) is 4.98 Å². The van der Waals surface area contributed by atoms with Crippen LogP contribution in [0.3, 0.4) is 0 Å². The summed E-state index contributed by atoms with van der Waals surface area (Å²) in [6, 6.07) is 3.53. The Morgan fingerprint density at radius 1 is 1.71 bits per heavy atom. The van der Waals surface area contributed by atoms with Gasteiger partial charge in [0.05, 0.1) is 5.88 Å². The van der Waals surface area contributed by atoms with Crippen molar-refractivity contribution in [3.8, 4) is 5.75 Å². The molecule has 0 bridgehead atoms. The number of halogens is 1. The Labute approximate surface area is 86.4 Å². The number of pyridine rings is 1. The van der Waals surface area contributed by atoms with Gasteiger partial charge in [0.1, 0.15) is 0 Å². The number of alkyl halides is 1. The van der Waals surface area contributed by atoms with Crippen LogP contribution < -0.4 is 9.64 Å². The van der Waals surface area contributed by atoms with Crippen LogP contribution in [0.5, 0.6) is 5.75 Å². The number of carbonyl (C=O) groups is 1. The first-order valence-electron chi connectivity index (χ1n) is 4.19. The molecular formula is C9H9ClN2O2. The standard InChI is InChI=1S/C9H9ClN2O2/c1-12-8-6(3-2-4-11-8)14-7(5-10)9(12)13/h2-4,7H,5H2,1H3. The molecule has 1 aliphatic rings. The highest BCUT2D eigenvalue weighted by molar-refractivity contribution is 6.20. The third-order valence-electron chi connectivity index (χ3n) is 2.08. The Hall–Kier alpha value is -1.29. The van der Waals surface area contributed by atoms with Crippen LogP contribution >= 0.6 is 11.6 Å².